The van der Waals surface area contributed by atoms with Gasteiger partial charge in [-0.15, -0.1) is 13.2 Å². The number of fused-ring (bicyclic) bond motifs is 5. The number of rotatable bonds is 11. The second-order valence-corrected chi connectivity index (χ2v) is 24.5. The molecule has 5 unspecified atom stereocenters. The van der Waals surface area contributed by atoms with Crippen LogP contribution in [0, 0.1) is 12.8 Å². The van der Waals surface area contributed by atoms with Gasteiger partial charge in [0.05, 0.1) is 39.0 Å². The lowest BCUT2D eigenvalue weighted by atomic mass is 9.87. The summed E-state index contributed by atoms with van der Waals surface area (Å²) in [6.45, 7) is 9.58. The molecule has 2 aromatic rings. The van der Waals surface area contributed by atoms with Gasteiger partial charge in [0.15, 0.2) is 9.84 Å². The monoisotopic (exact) mass is 939 g/mol. The van der Waals surface area contributed by atoms with Crippen molar-refractivity contribution in [3.05, 3.63) is 41.6 Å². The molecule has 0 radical (unpaired) electrons. The first-order valence-electron chi connectivity index (χ1n) is 22.1. The summed E-state index contributed by atoms with van der Waals surface area (Å²) in [6, 6.07) is 1.60. The van der Waals surface area contributed by atoms with Crippen molar-refractivity contribution in [2.45, 2.75) is 164 Å². The third kappa shape index (κ3) is 10.4. The number of hydrogen-bond acceptors (Lipinski definition) is 11. The van der Waals surface area contributed by atoms with E-state index in [4.69, 9.17) is 9.47 Å². The molecule has 1 aromatic heterocycles. The lowest BCUT2D eigenvalue weighted by molar-refractivity contribution is -0.274. The van der Waals surface area contributed by atoms with Gasteiger partial charge in [0.1, 0.15) is 34.8 Å². The van der Waals surface area contributed by atoms with Crippen LogP contribution in [-0.2, 0) is 40.6 Å². The minimum Gasteiger partial charge on any atom is -0.483 e. The quantitative estimate of drug-likeness (QED) is 0.221. The Labute approximate surface area is 373 Å². The number of nitrogens with zero attached hydrogens (tertiary/aromatic N) is 2. The summed E-state index contributed by atoms with van der Waals surface area (Å²) in [6.07, 6.45) is 3.22. The molecular weight excluding hydrogens is 880 g/mol. The van der Waals surface area contributed by atoms with Crippen molar-refractivity contribution in [3.63, 3.8) is 0 Å². The molecule has 354 valence electrons. The zero-order chi connectivity index (χ0) is 46.7. The maximum atomic E-state index is 15.0. The number of ether oxygens (including phenoxy) is 3. The van der Waals surface area contributed by atoms with Gasteiger partial charge in [-0.3, -0.25) is 9.59 Å². The Bertz CT molecular complexity index is 2420. The molecule has 5 aliphatic rings. The average molecular weight is 940 g/mol. The minimum atomic E-state index is -4.91. The van der Waals surface area contributed by atoms with Crippen LogP contribution in [0.1, 0.15) is 117 Å². The van der Waals surface area contributed by atoms with E-state index in [1.165, 1.54) is 23.1 Å². The Hall–Kier alpha value is -4.17. The third-order valence-electron chi connectivity index (χ3n) is 13.6. The average Bonchev–Trinajstić information content (AvgIpc) is 4.09. The van der Waals surface area contributed by atoms with Crippen molar-refractivity contribution in [1.82, 2.24) is 25.2 Å². The van der Waals surface area contributed by atoms with Crippen molar-refractivity contribution in [1.29, 1.82) is 0 Å². The van der Waals surface area contributed by atoms with Gasteiger partial charge in [-0.25, -0.2) is 31.3 Å². The van der Waals surface area contributed by atoms with Crippen LogP contribution in [0.2, 0.25) is 0 Å². The van der Waals surface area contributed by atoms with Crippen molar-refractivity contribution in [2.75, 3.05) is 18.8 Å². The van der Waals surface area contributed by atoms with Crippen LogP contribution in [0.3, 0.4) is 0 Å². The lowest BCUT2D eigenvalue weighted by Gasteiger charge is -2.37. The number of sulfone groups is 1. The van der Waals surface area contributed by atoms with E-state index in [2.05, 4.69) is 25.1 Å². The standard InChI is InChI=1S/C44H60F3N5O10S2/c1-27(2)63(56,57)21-20-40(4,5)62-39(55)50-34-13-11-9-7-8-10-12-29-23-43(29,25-48-64(58,59)41(6)18-19-41)51-37(53)35-24-42(26-52(35)38(34)54)17-16-31-32-22-30(60-44(45,46)47)14-15-33(32)49-28(3)36(31)61-42/h10,12,14-15,22,27,29,34-35,48H,7-9,11,13,16-21,23-26H2,1-6H3,(H,50,55)(H,51,53). The summed E-state index contributed by atoms with van der Waals surface area (Å²) in [5.74, 6) is -1.58. The summed E-state index contributed by atoms with van der Waals surface area (Å²) >= 11 is 0. The highest BCUT2D eigenvalue weighted by atomic mass is 32.2. The number of carbonyl (C=O) groups is 3. The zero-order valence-corrected chi connectivity index (χ0v) is 38.9. The first-order chi connectivity index (χ1) is 29.8. The van der Waals surface area contributed by atoms with E-state index >= 15 is 0 Å². The van der Waals surface area contributed by atoms with E-state index in [0.29, 0.717) is 72.9 Å². The SMILES string of the molecule is Cc1nc2ccc(OC(F)(F)F)cc2c2c1OC1(CC2)CC2C(=O)NC3(CNS(=O)(=O)C4(C)CC4)CC3C=CCCCCCC(NC(=O)OC(C)(C)CCS(=O)(=O)C(C)C)C(=O)N2C1. The second-order valence-electron chi connectivity index (χ2n) is 19.5. The predicted octanol–water partition coefficient (Wildman–Crippen LogP) is 6.06. The molecule has 3 N–H and O–H groups in total. The van der Waals surface area contributed by atoms with Gasteiger partial charge >= 0.3 is 12.5 Å². The summed E-state index contributed by atoms with van der Waals surface area (Å²) in [5.41, 5.74) is -1.84. The molecule has 15 nitrogen and oxygen atoms in total. The molecule has 7 rings (SSSR count). The van der Waals surface area contributed by atoms with Crippen molar-refractivity contribution < 1.29 is 58.6 Å². The number of amides is 3. The molecule has 1 saturated heterocycles. The molecule has 3 fully saturated rings. The van der Waals surface area contributed by atoms with E-state index < -0.39 is 88.7 Å². The van der Waals surface area contributed by atoms with Gasteiger partial charge in [-0.05, 0) is 111 Å². The number of nitrogens with one attached hydrogen (secondary N) is 3. The third-order valence-corrected chi connectivity index (χ3v) is 18.1. The van der Waals surface area contributed by atoms with Gasteiger partial charge in [-0.1, -0.05) is 25.0 Å². The van der Waals surface area contributed by atoms with E-state index in [0.717, 1.165) is 6.42 Å². The number of halogens is 3. The Morgan fingerprint density at radius 3 is 2.50 bits per heavy atom. The summed E-state index contributed by atoms with van der Waals surface area (Å²) in [4.78, 5) is 49.4. The number of aryl methyl sites for hydroxylation is 2. The second kappa shape index (κ2) is 17.2. The largest absolute Gasteiger partial charge is 0.573 e. The van der Waals surface area contributed by atoms with Crippen LogP contribution in [0.4, 0.5) is 18.0 Å². The molecule has 2 aliphatic carbocycles. The number of alkyl halides is 3. The molecule has 5 atom stereocenters. The van der Waals surface area contributed by atoms with Gasteiger partial charge in [-0.2, -0.15) is 0 Å². The number of alkyl carbamates (subject to hydrolysis) is 1. The molecule has 1 spiro atoms. The molecule has 1 aromatic carbocycles. The number of hydrogen-bond donors (Lipinski definition) is 3. The maximum absolute atomic E-state index is 15.0. The van der Waals surface area contributed by atoms with Crippen molar-refractivity contribution >= 4 is 48.7 Å². The topological polar surface area (TPSA) is 199 Å². The van der Waals surface area contributed by atoms with E-state index in [1.54, 1.807) is 41.5 Å². The lowest BCUT2D eigenvalue weighted by Crippen LogP contribution is -2.57. The molecule has 3 aliphatic heterocycles. The van der Waals surface area contributed by atoms with E-state index in [-0.39, 0.29) is 50.4 Å². The fraction of sp³-hybridized carbons (Fsp3) is 0.682. The number of sulfonamides is 1. The maximum Gasteiger partial charge on any atom is 0.573 e. The first-order valence-corrected chi connectivity index (χ1v) is 25.3. The van der Waals surface area contributed by atoms with Gasteiger partial charge in [0.2, 0.25) is 21.8 Å². The highest BCUT2D eigenvalue weighted by Crippen LogP contribution is 2.49. The van der Waals surface area contributed by atoms with E-state index in [9.17, 15) is 44.4 Å². The smallest absolute Gasteiger partial charge is 0.483 e. The molecule has 3 amide bonds. The number of carbonyl (C=O) groups excluding carboxylic acids is 3. The summed E-state index contributed by atoms with van der Waals surface area (Å²) in [7, 11) is -7.13. The number of allylic oxidation sites excluding steroid dienone is 1. The normalized spacial score (nSPS) is 27.4. The van der Waals surface area contributed by atoms with Crippen LogP contribution >= 0.6 is 0 Å². The van der Waals surface area contributed by atoms with Crippen LogP contribution in [0.5, 0.6) is 11.5 Å². The fourth-order valence-electron chi connectivity index (χ4n) is 9.05. The summed E-state index contributed by atoms with van der Waals surface area (Å²) < 4.78 is 110. The first kappa shape index (κ1) is 47.8. The van der Waals surface area contributed by atoms with Gasteiger partial charge in [0.25, 0.3) is 0 Å². The van der Waals surface area contributed by atoms with Crippen LogP contribution in [0.25, 0.3) is 10.9 Å². The van der Waals surface area contributed by atoms with Gasteiger partial charge in [0, 0.05) is 36.3 Å². The van der Waals surface area contributed by atoms with Gasteiger partial charge < -0.3 is 29.7 Å². The van der Waals surface area contributed by atoms with Crippen molar-refractivity contribution in [2.24, 2.45) is 5.92 Å². The Balaban J connectivity index is 1.20. The molecule has 64 heavy (non-hydrogen) atoms. The van der Waals surface area contributed by atoms with Crippen LogP contribution < -0.4 is 24.8 Å². The zero-order valence-electron chi connectivity index (χ0n) is 37.2. The molecule has 4 heterocycles. The predicted molar refractivity (Wildman–Crippen MR) is 232 cm³/mol. The molecule has 0 bridgehead atoms. The minimum absolute atomic E-state index is 0.00756. The molecule has 20 heteroatoms. The fourth-order valence-corrected chi connectivity index (χ4v) is 11.7. The van der Waals surface area contributed by atoms with Crippen LogP contribution in [0.15, 0.2) is 30.4 Å². The number of pyridine rings is 1. The van der Waals surface area contributed by atoms with Crippen LogP contribution in [-0.4, -0.2) is 109 Å². The molecular formula is C44H60F3N5O10S2. The highest BCUT2D eigenvalue weighted by Gasteiger charge is 2.59. The Morgan fingerprint density at radius 2 is 1.81 bits per heavy atom. The summed E-state index contributed by atoms with van der Waals surface area (Å²) in [5, 5.41) is 5.68. The number of benzene rings is 1. The highest BCUT2D eigenvalue weighted by molar-refractivity contribution is 7.92. The Kier molecular flexibility index (Phi) is 12.9. The molecule has 2 saturated carbocycles. The van der Waals surface area contributed by atoms with E-state index in [1.807, 2.05) is 12.2 Å². The van der Waals surface area contributed by atoms with Crippen molar-refractivity contribution in [3.8, 4) is 11.5 Å². The number of aromatic nitrogens is 1. The Morgan fingerprint density at radius 1 is 1.08 bits per heavy atom.